The molecule has 0 unspecified atom stereocenters. The number of esters is 1. The summed E-state index contributed by atoms with van der Waals surface area (Å²) >= 11 is 11.4. The van der Waals surface area contributed by atoms with Gasteiger partial charge in [0, 0.05) is 19.3 Å². The molecule has 1 aromatic heterocycles. The number of amides is 1. The van der Waals surface area contributed by atoms with Gasteiger partial charge in [0.2, 0.25) is 0 Å². The second kappa shape index (κ2) is 6.90. The third kappa shape index (κ3) is 3.84. The molecule has 0 aliphatic carbocycles. The zero-order valence-electron chi connectivity index (χ0n) is 10.8. The molecule has 1 aliphatic heterocycles. The number of carbonyl (C=O) groups excluding carboxylic acids is 2. The number of carbonyl (C=O) groups is 2. The smallest absolute Gasteiger partial charge is 0.340 e. The maximum absolute atomic E-state index is 11.8. The normalized spacial score (nSPS) is 15.0. The van der Waals surface area contributed by atoms with Gasteiger partial charge in [0.1, 0.15) is 5.15 Å². The largest absolute Gasteiger partial charge is 0.452 e. The number of ether oxygens (including phenoxy) is 1. The molecule has 0 saturated carbocycles. The Hall–Kier alpha value is -1.33. The number of halogens is 2. The van der Waals surface area contributed by atoms with Crippen LogP contribution in [-0.4, -0.2) is 41.5 Å². The minimum Gasteiger partial charge on any atom is -0.452 e. The molecule has 5 nitrogen and oxygen atoms in total. The first-order valence-electron chi connectivity index (χ1n) is 6.34. The predicted molar refractivity (Wildman–Crippen MR) is 75.0 cm³/mol. The van der Waals surface area contributed by atoms with Crippen molar-refractivity contribution >= 4 is 35.1 Å². The summed E-state index contributed by atoms with van der Waals surface area (Å²) in [5.74, 6) is -0.813. The average molecular weight is 317 g/mol. The maximum Gasteiger partial charge on any atom is 0.340 e. The van der Waals surface area contributed by atoms with Crippen LogP contribution in [0.15, 0.2) is 12.3 Å². The van der Waals surface area contributed by atoms with E-state index in [0.29, 0.717) is 0 Å². The monoisotopic (exact) mass is 316 g/mol. The lowest BCUT2D eigenvalue weighted by Crippen LogP contribution is -2.38. The van der Waals surface area contributed by atoms with E-state index in [1.807, 2.05) is 0 Å². The van der Waals surface area contributed by atoms with E-state index in [-0.39, 0.29) is 28.3 Å². The summed E-state index contributed by atoms with van der Waals surface area (Å²) in [6, 6.07) is 1.37. The molecule has 2 heterocycles. The van der Waals surface area contributed by atoms with E-state index < -0.39 is 5.97 Å². The summed E-state index contributed by atoms with van der Waals surface area (Å²) in [5.41, 5.74) is 0.172. The van der Waals surface area contributed by atoms with E-state index in [9.17, 15) is 9.59 Å². The number of aromatic nitrogens is 1. The van der Waals surface area contributed by atoms with Crippen LogP contribution in [0.25, 0.3) is 0 Å². The predicted octanol–water partition coefficient (Wildman–Crippen LogP) is 2.56. The molecule has 1 aliphatic rings. The number of nitrogens with zero attached hydrogens (tertiary/aromatic N) is 2. The standard InChI is InChI=1S/C13H14Cl2N2O3/c14-10-6-9(7-16-12(10)15)13(19)20-8-11(18)17-4-2-1-3-5-17/h6-7H,1-5,8H2. The summed E-state index contributed by atoms with van der Waals surface area (Å²) in [6.07, 6.45) is 4.40. The number of piperidine rings is 1. The van der Waals surface area contributed by atoms with E-state index in [4.69, 9.17) is 27.9 Å². The topological polar surface area (TPSA) is 59.5 Å². The fourth-order valence-electron chi connectivity index (χ4n) is 1.98. The van der Waals surface area contributed by atoms with Gasteiger partial charge in [0.15, 0.2) is 6.61 Å². The molecule has 0 atom stereocenters. The molecular weight excluding hydrogens is 303 g/mol. The number of rotatable bonds is 3. The summed E-state index contributed by atoms with van der Waals surface area (Å²) in [6.45, 7) is 1.19. The third-order valence-corrected chi connectivity index (χ3v) is 3.75. The van der Waals surface area contributed by atoms with Crippen molar-refractivity contribution in [3.8, 4) is 0 Å². The van der Waals surface area contributed by atoms with Crippen LogP contribution in [-0.2, 0) is 9.53 Å². The highest BCUT2D eigenvalue weighted by Crippen LogP contribution is 2.20. The fraction of sp³-hybridized carbons (Fsp3) is 0.462. The number of pyridine rings is 1. The first-order chi connectivity index (χ1) is 9.58. The lowest BCUT2D eigenvalue weighted by molar-refractivity contribution is -0.135. The molecule has 1 fully saturated rings. The van der Waals surface area contributed by atoms with E-state index >= 15 is 0 Å². The Labute approximate surface area is 126 Å². The number of likely N-dealkylation sites (tertiary alicyclic amines) is 1. The second-order valence-electron chi connectivity index (χ2n) is 4.51. The Kier molecular flexibility index (Phi) is 5.20. The molecular formula is C13H14Cl2N2O3. The molecule has 1 amide bonds. The quantitative estimate of drug-likeness (QED) is 0.635. The highest BCUT2D eigenvalue weighted by Gasteiger charge is 2.18. The fourth-order valence-corrected chi connectivity index (χ4v) is 2.25. The lowest BCUT2D eigenvalue weighted by atomic mass is 10.1. The Morgan fingerprint density at radius 2 is 1.95 bits per heavy atom. The zero-order chi connectivity index (χ0) is 14.5. The zero-order valence-corrected chi connectivity index (χ0v) is 12.3. The molecule has 20 heavy (non-hydrogen) atoms. The molecule has 7 heteroatoms. The highest BCUT2D eigenvalue weighted by atomic mass is 35.5. The van der Waals surface area contributed by atoms with Gasteiger partial charge in [-0.2, -0.15) is 0 Å². The SMILES string of the molecule is O=C(OCC(=O)N1CCCCC1)c1cnc(Cl)c(Cl)c1. The van der Waals surface area contributed by atoms with Crippen LogP contribution in [0.3, 0.4) is 0 Å². The van der Waals surface area contributed by atoms with Gasteiger partial charge in [0.05, 0.1) is 10.6 Å². The van der Waals surface area contributed by atoms with Crippen molar-refractivity contribution in [1.82, 2.24) is 9.88 Å². The summed E-state index contributed by atoms with van der Waals surface area (Å²) in [5, 5.41) is 0.288. The van der Waals surface area contributed by atoms with E-state index in [1.54, 1.807) is 4.90 Å². The van der Waals surface area contributed by atoms with Crippen LogP contribution in [0, 0.1) is 0 Å². The molecule has 0 aromatic carbocycles. The van der Waals surface area contributed by atoms with Crippen LogP contribution < -0.4 is 0 Å². The van der Waals surface area contributed by atoms with Gasteiger partial charge < -0.3 is 9.64 Å². The highest BCUT2D eigenvalue weighted by molar-refractivity contribution is 6.41. The van der Waals surface area contributed by atoms with Crippen LogP contribution in [0.5, 0.6) is 0 Å². The Balaban J connectivity index is 1.88. The molecule has 2 rings (SSSR count). The van der Waals surface area contributed by atoms with Crippen molar-refractivity contribution in [2.45, 2.75) is 19.3 Å². The molecule has 0 N–H and O–H groups in total. The van der Waals surface area contributed by atoms with Crippen LogP contribution >= 0.6 is 23.2 Å². The Morgan fingerprint density at radius 1 is 1.25 bits per heavy atom. The first-order valence-corrected chi connectivity index (χ1v) is 7.09. The minimum absolute atomic E-state index is 0.118. The van der Waals surface area contributed by atoms with Crippen molar-refractivity contribution in [3.05, 3.63) is 28.0 Å². The molecule has 108 valence electrons. The molecule has 0 bridgehead atoms. The Bertz CT molecular complexity index is 516. The number of hydrogen-bond donors (Lipinski definition) is 0. The number of hydrogen-bond acceptors (Lipinski definition) is 4. The maximum atomic E-state index is 11.8. The van der Waals surface area contributed by atoms with Gasteiger partial charge in [-0.25, -0.2) is 9.78 Å². The second-order valence-corrected chi connectivity index (χ2v) is 5.28. The van der Waals surface area contributed by atoms with Crippen molar-refractivity contribution < 1.29 is 14.3 Å². The van der Waals surface area contributed by atoms with Crippen molar-refractivity contribution in [2.75, 3.05) is 19.7 Å². The van der Waals surface area contributed by atoms with Crippen LogP contribution in [0.1, 0.15) is 29.6 Å². The molecule has 0 radical (unpaired) electrons. The van der Waals surface area contributed by atoms with E-state index in [0.717, 1.165) is 32.4 Å². The summed E-state index contributed by atoms with van der Waals surface area (Å²) in [4.78, 5) is 29.1. The first kappa shape index (κ1) is 15.1. The van der Waals surface area contributed by atoms with Gasteiger partial charge in [-0.15, -0.1) is 0 Å². The van der Waals surface area contributed by atoms with Crippen molar-refractivity contribution in [3.63, 3.8) is 0 Å². The molecule has 1 aromatic rings. The molecule has 0 spiro atoms. The summed E-state index contributed by atoms with van der Waals surface area (Å²) in [7, 11) is 0. The average Bonchev–Trinajstić information content (AvgIpc) is 2.48. The van der Waals surface area contributed by atoms with E-state index in [1.165, 1.54) is 12.3 Å². The van der Waals surface area contributed by atoms with Gasteiger partial charge in [-0.1, -0.05) is 23.2 Å². The Morgan fingerprint density at radius 3 is 2.60 bits per heavy atom. The third-order valence-electron chi connectivity index (χ3n) is 3.07. The van der Waals surface area contributed by atoms with Crippen molar-refractivity contribution in [2.24, 2.45) is 0 Å². The van der Waals surface area contributed by atoms with Crippen LogP contribution in [0.4, 0.5) is 0 Å². The lowest BCUT2D eigenvalue weighted by Gasteiger charge is -2.26. The summed E-state index contributed by atoms with van der Waals surface area (Å²) < 4.78 is 4.97. The van der Waals surface area contributed by atoms with Gasteiger partial charge in [-0.05, 0) is 25.3 Å². The van der Waals surface area contributed by atoms with E-state index in [2.05, 4.69) is 4.98 Å². The van der Waals surface area contributed by atoms with Gasteiger partial charge in [-0.3, -0.25) is 4.79 Å². The molecule has 1 saturated heterocycles. The van der Waals surface area contributed by atoms with Gasteiger partial charge in [0.25, 0.3) is 5.91 Å². The minimum atomic E-state index is -0.638. The van der Waals surface area contributed by atoms with Gasteiger partial charge >= 0.3 is 5.97 Å². The van der Waals surface area contributed by atoms with Crippen LogP contribution in [0.2, 0.25) is 10.2 Å². The van der Waals surface area contributed by atoms with Crippen molar-refractivity contribution in [1.29, 1.82) is 0 Å².